The van der Waals surface area contributed by atoms with Crippen LogP contribution in [0.2, 0.25) is 0 Å². The van der Waals surface area contributed by atoms with Crippen LogP contribution < -0.4 is 5.32 Å². The van der Waals surface area contributed by atoms with Crippen LogP contribution in [0.3, 0.4) is 0 Å². The van der Waals surface area contributed by atoms with Gasteiger partial charge >= 0.3 is 0 Å². The van der Waals surface area contributed by atoms with Gasteiger partial charge in [-0.15, -0.1) is 0 Å². The van der Waals surface area contributed by atoms with Crippen LogP contribution in [0.25, 0.3) is 0 Å². The maximum Gasteiger partial charge on any atom is 0.220 e. The van der Waals surface area contributed by atoms with E-state index in [4.69, 9.17) is 9.47 Å². The first-order chi connectivity index (χ1) is 25.8. The highest BCUT2D eigenvalue weighted by atomic mass is 16.7. The van der Waals surface area contributed by atoms with Gasteiger partial charge in [0.15, 0.2) is 6.29 Å². The second kappa shape index (κ2) is 35.1. The summed E-state index contributed by atoms with van der Waals surface area (Å²) in [5, 5.41) is 54.3. The topological polar surface area (TPSA) is 149 Å². The number of aliphatic hydroxyl groups excluding tert-OH is 5. The van der Waals surface area contributed by atoms with Gasteiger partial charge < -0.3 is 40.3 Å². The molecular formula is C44H83NO8. The van der Waals surface area contributed by atoms with E-state index in [0.717, 1.165) is 64.2 Å². The Hall–Kier alpha value is -1.33. The van der Waals surface area contributed by atoms with Gasteiger partial charge in [-0.25, -0.2) is 0 Å². The highest BCUT2D eigenvalue weighted by molar-refractivity contribution is 5.76. The zero-order valence-electron chi connectivity index (χ0n) is 34.0. The van der Waals surface area contributed by atoms with Gasteiger partial charge in [0.2, 0.25) is 5.91 Å². The number of amides is 1. The second-order valence-electron chi connectivity index (χ2n) is 15.5. The molecule has 0 aromatic heterocycles. The number of hydrogen-bond donors (Lipinski definition) is 6. The number of rotatable bonds is 36. The van der Waals surface area contributed by atoms with Crippen molar-refractivity contribution in [1.82, 2.24) is 5.32 Å². The fraction of sp³-hybridized carbons (Fsp3) is 0.886. The molecule has 312 valence electrons. The monoisotopic (exact) mass is 754 g/mol. The molecule has 1 aliphatic rings. The first kappa shape index (κ1) is 49.7. The summed E-state index contributed by atoms with van der Waals surface area (Å²) >= 11 is 0. The molecule has 53 heavy (non-hydrogen) atoms. The van der Waals surface area contributed by atoms with E-state index >= 15 is 0 Å². The number of unbranched alkanes of at least 4 members (excludes halogenated alkanes) is 22. The van der Waals surface area contributed by atoms with Crippen LogP contribution in [-0.2, 0) is 14.3 Å². The van der Waals surface area contributed by atoms with Crippen LogP contribution in [0.5, 0.6) is 0 Å². The van der Waals surface area contributed by atoms with E-state index in [9.17, 15) is 30.3 Å². The fourth-order valence-corrected chi connectivity index (χ4v) is 6.94. The highest BCUT2D eigenvalue weighted by Gasteiger charge is 2.44. The van der Waals surface area contributed by atoms with E-state index in [0.29, 0.717) is 12.8 Å². The van der Waals surface area contributed by atoms with Crippen LogP contribution in [-0.4, -0.2) is 87.5 Å². The molecule has 6 N–H and O–H groups in total. The molecule has 7 unspecified atom stereocenters. The Kier molecular flexibility index (Phi) is 32.9. The minimum absolute atomic E-state index is 0.142. The Morgan fingerprint density at radius 2 is 1.13 bits per heavy atom. The van der Waals surface area contributed by atoms with Crippen molar-refractivity contribution in [3.63, 3.8) is 0 Å². The number of nitrogens with one attached hydrogen (secondary N) is 1. The molecular weight excluding hydrogens is 670 g/mol. The molecule has 9 nitrogen and oxygen atoms in total. The van der Waals surface area contributed by atoms with Crippen molar-refractivity contribution in [3.8, 4) is 0 Å². The maximum atomic E-state index is 12.9. The lowest BCUT2D eigenvalue weighted by Gasteiger charge is -2.40. The lowest BCUT2D eigenvalue weighted by atomic mass is 9.99. The third kappa shape index (κ3) is 26.2. The van der Waals surface area contributed by atoms with Gasteiger partial charge in [-0.3, -0.25) is 4.79 Å². The Balaban J connectivity index is 2.36. The molecule has 9 heteroatoms. The predicted octanol–water partition coefficient (Wildman–Crippen LogP) is 8.72. The Morgan fingerprint density at radius 1 is 0.642 bits per heavy atom. The summed E-state index contributed by atoms with van der Waals surface area (Å²) in [6.45, 7) is 3.78. The quantitative estimate of drug-likeness (QED) is 0.0275. The minimum atomic E-state index is -1.55. The fourth-order valence-electron chi connectivity index (χ4n) is 6.94. The van der Waals surface area contributed by atoms with Gasteiger partial charge in [0.05, 0.1) is 25.4 Å². The van der Waals surface area contributed by atoms with Crippen LogP contribution in [0.1, 0.15) is 194 Å². The van der Waals surface area contributed by atoms with Gasteiger partial charge in [0, 0.05) is 6.42 Å². The zero-order valence-corrected chi connectivity index (χ0v) is 34.0. The summed E-state index contributed by atoms with van der Waals surface area (Å²) in [7, 11) is 0. The van der Waals surface area contributed by atoms with Gasteiger partial charge in [-0.05, 0) is 38.5 Å². The van der Waals surface area contributed by atoms with E-state index in [-0.39, 0.29) is 12.5 Å². The molecule has 1 fully saturated rings. The molecule has 0 aromatic carbocycles. The second-order valence-corrected chi connectivity index (χ2v) is 15.5. The number of hydrogen-bond acceptors (Lipinski definition) is 8. The Bertz CT molecular complexity index is 883. The molecule has 1 heterocycles. The van der Waals surface area contributed by atoms with E-state index < -0.39 is 49.5 Å². The van der Waals surface area contributed by atoms with Gasteiger partial charge in [-0.2, -0.15) is 0 Å². The van der Waals surface area contributed by atoms with Crippen LogP contribution in [0, 0.1) is 0 Å². The summed E-state index contributed by atoms with van der Waals surface area (Å²) < 4.78 is 11.2. The van der Waals surface area contributed by atoms with Crippen molar-refractivity contribution >= 4 is 5.91 Å². The third-order valence-electron chi connectivity index (χ3n) is 10.6. The zero-order chi connectivity index (χ0) is 38.8. The minimum Gasteiger partial charge on any atom is -0.394 e. The van der Waals surface area contributed by atoms with Crippen LogP contribution >= 0.6 is 0 Å². The van der Waals surface area contributed by atoms with Gasteiger partial charge in [0.1, 0.15) is 24.4 Å². The standard InChI is InChI=1S/C44H83NO8/c1-3-5-7-9-11-13-15-17-19-20-21-23-25-27-29-31-33-38(47)37(36-52-44-43(51)42(50)41(49)39(35-46)53-44)45-40(48)34-32-30-28-26-24-22-18-16-14-12-10-8-6-4-2/h10,12,16,18,37-39,41-44,46-47,49-51H,3-9,11,13-15,17,19-36H2,1-2H3,(H,45,48)/b12-10-,18-16-. The smallest absolute Gasteiger partial charge is 0.220 e. The molecule has 1 aliphatic heterocycles. The molecule has 0 bridgehead atoms. The van der Waals surface area contributed by atoms with E-state index in [1.807, 2.05) is 0 Å². The number of allylic oxidation sites excluding steroid dienone is 4. The van der Waals surface area contributed by atoms with Crippen molar-refractivity contribution in [2.75, 3.05) is 13.2 Å². The van der Waals surface area contributed by atoms with E-state index in [1.165, 1.54) is 103 Å². The predicted molar refractivity (Wildman–Crippen MR) is 217 cm³/mol. The molecule has 0 radical (unpaired) electrons. The van der Waals surface area contributed by atoms with Crippen molar-refractivity contribution in [2.24, 2.45) is 0 Å². The highest BCUT2D eigenvalue weighted by Crippen LogP contribution is 2.23. The third-order valence-corrected chi connectivity index (χ3v) is 10.6. The lowest BCUT2D eigenvalue weighted by Crippen LogP contribution is -2.60. The summed E-state index contributed by atoms with van der Waals surface area (Å²) in [4.78, 5) is 12.9. The number of ether oxygens (including phenoxy) is 2. The molecule has 1 amide bonds. The Morgan fingerprint density at radius 3 is 1.68 bits per heavy atom. The molecule has 7 atom stereocenters. The molecule has 0 saturated carbocycles. The summed E-state index contributed by atoms with van der Waals surface area (Å²) in [5.41, 5.74) is 0. The van der Waals surface area contributed by atoms with Crippen LogP contribution in [0.15, 0.2) is 24.3 Å². The van der Waals surface area contributed by atoms with E-state index in [2.05, 4.69) is 43.5 Å². The van der Waals surface area contributed by atoms with Crippen LogP contribution in [0.4, 0.5) is 0 Å². The summed E-state index contributed by atoms with van der Waals surface area (Å²) in [6.07, 6.45) is 33.2. The number of carbonyl (C=O) groups excluding carboxylic acids is 1. The molecule has 0 aliphatic carbocycles. The normalized spacial score (nSPS) is 21.8. The molecule has 0 aromatic rings. The lowest BCUT2D eigenvalue weighted by molar-refractivity contribution is -0.302. The Labute approximate surface area is 324 Å². The molecule has 0 spiro atoms. The average molecular weight is 754 g/mol. The number of carbonyl (C=O) groups is 1. The van der Waals surface area contributed by atoms with Crippen molar-refractivity contribution in [1.29, 1.82) is 0 Å². The largest absolute Gasteiger partial charge is 0.394 e. The van der Waals surface area contributed by atoms with Crippen molar-refractivity contribution < 1.29 is 39.8 Å². The van der Waals surface area contributed by atoms with Crippen molar-refractivity contribution in [2.45, 2.75) is 236 Å². The molecule has 1 saturated heterocycles. The number of aliphatic hydroxyl groups is 5. The summed E-state index contributed by atoms with van der Waals surface area (Å²) in [5.74, 6) is -0.159. The molecule has 1 rings (SSSR count). The summed E-state index contributed by atoms with van der Waals surface area (Å²) in [6, 6.07) is -0.723. The maximum absolute atomic E-state index is 12.9. The van der Waals surface area contributed by atoms with Gasteiger partial charge in [0.25, 0.3) is 0 Å². The van der Waals surface area contributed by atoms with E-state index in [1.54, 1.807) is 0 Å². The first-order valence-electron chi connectivity index (χ1n) is 22.0. The van der Waals surface area contributed by atoms with Crippen molar-refractivity contribution in [3.05, 3.63) is 24.3 Å². The van der Waals surface area contributed by atoms with Gasteiger partial charge in [-0.1, -0.05) is 173 Å². The first-order valence-corrected chi connectivity index (χ1v) is 22.0. The SMILES string of the molecule is CCCC/C=C\C/C=C\CCCCCCCC(=O)NC(COC1OC(CO)C(O)C(O)C1O)C(O)CCCCCCCCCCCCCCCCCC. The average Bonchev–Trinajstić information content (AvgIpc) is 3.16.